The van der Waals surface area contributed by atoms with Crippen LogP contribution in [0.5, 0.6) is 0 Å². The number of benzene rings is 2. The minimum atomic E-state index is -3.25. The molecule has 0 aliphatic carbocycles. The molecule has 29 heavy (non-hydrogen) atoms. The summed E-state index contributed by atoms with van der Waals surface area (Å²) < 4.78 is 25.0. The Morgan fingerprint density at radius 1 is 1.00 bits per heavy atom. The Bertz CT molecular complexity index is 1280. The average Bonchev–Trinajstić information content (AvgIpc) is 3.07. The Labute approximate surface area is 167 Å². The van der Waals surface area contributed by atoms with Crippen molar-refractivity contribution in [1.82, 2.24) is 14.8 Å². The van der Waals surface area contributed by atoms with E-state index in [0.717, 1.165) is 16.5 Å². The quantitative estimate of drug-likeness (QED) is 0.550. The highest BCUT2D eigenvalue weighted by molar-refractivity contribution is 7.90. The first-order valence-corrected chi connectivity index (χ1v) is 10.8. The molecule has 0 spiro atoms. The van der Waals surface area contributed by atoms with Gasteiger partial charge in [-0.05, 0) is 35.9 Å². The molecule has 0 fully saturated rings. The minimum absolute atomic E-state index is 0.266. The Balaban J connectivity index is 1.66. The van der Waals surface area contributed by atoms with Gasteiger partial charge in [-0.3, -0.25) is 9.48 Å². The molecule has 0 radical (unpaired) electrons. The summed E-state index contributed by atoms with van der Waals surface area (Å²) in [7, 11) is -3.25. The van der Waals surface area contributed by atoms with Crippen molar-refractivity contribution in [2.45, 2.75) is 11.4 Å². The molecule has 2 aromatic heterocycles. The third-order valence-electron chi connectivity index (χ3n) is 4.46. The number of anilines is 1. The molecule has 1 amide bonds. The molecule has 0 saturated carbocycles. The summed E-state index contributed by atoms with van der Waals surface area (Å²) >= 11 is 0. The monoisotopic (exact) mass is 406 g/mol. The highest BCUT2D eigenvalue weighted by Gasteiger charge is 2.18. The topological polar surface area (TPSA) is 94.0 Å². The fraction of sp³-hybridized carbons (Fsp3) is 0.0952. The van der Waals surface area contributed by atoms with Gasteiger partial charge in [0.1, 0.15) is 5.82 Å². The van der Waals surface area contributed by atoms with Crippen LogP contribution >= 0.6 is 0 Å². The summed E-state index contributed by atoms with van der Waals surface area (Å²) in [5, 5.41) is 8.00. The van der Waals surface area contributed by atoms with Crippen molar-refractivity contribution in [2.75, 3.05) is 11.6 Å². The third-order valence-corrected chi connectivity index (χ3v) is 5.59. The van der Waals surface area contributed by atoms with Gasteiger partial charge in [0.25, 0.3) is 5.91 Å². The number of fused-ring (bicyclic) bond motifs is 1. The zero-order valence-corrected chi connectivity index (χ0v) is 16.4. The maximum absolute atomic E-state index is 12.8. The van der Waals surface area contributed by atoms with Crippen molar-refractivity contribution in [1.29, 1.82) is 0 Å². The molecule has 0 atom stereocenters. The SMILES string of the molecule is CS(=O)(=O)c1ccc(Cn2nc(C(=O)Nc3ccccn3)c3ccccc32)cc1. The number of para-hydroxylation sites is 1. The van der Waals surface area contributed by atoms with Crippen molar-refractivity contribution < 1.29 is 13.2 Å². The van der Waals surface area contributed by atoms with Crippen LogP contribution in [0.25, 0.3) is 10.9 Å². The summed E-state index contributed by atoms with van der Waals surface area (Å²) in [6.45, 7) is 0.404. The normalized spacial score (nSPS) is 11.5. The molecule has 0 saturated heterocycles. The number of rotatable bonds is 5. The van der Waals surface area contributed by atoms with E-state index < -0.39 is 9.84 Å². The van der Waals surface area contributed by atoms with Crippen molar-refractivity contribution in [3.8, 4) is 0 Å². The zero-order chi connectivity index (χ0) is 20.4. The lowest BCUT2D eigenvalue weighted by Gasteiger charge is -2.05. The van der Waals surface area contributed by atoms with Gasteiger partial charge in [0.15, 0.2) is 15.5 Å². The van der Waals surface area contributed by atoms with Gasteiger partial charge in [-0.25, -0.2) is 13.4 Å². The van der Waals surface area contributed by atoms with Crippen molar-refractivity contribution >= 4 is 32.5 Å². The largest absolute Gasteiger partial charge is 0.305 e. The average molecular weight is 406 g/mol. The number of carbonyl (C=O) groups is 1. The molecular weight excluding hydrogens is 388 g/mol. The molecule has 7 nitrogen and oxygen atoms in total. The molecule has 0 aliphatic heterocycles. The van der Waals surface area contributed by atoms with E-state index in [1.54, 1.807) is 53.3 Å². The molecule has 146 valence electrons. The van der Waals surface area contributed by atoms with Gasteiger partial charge < -0.3 is 5.32 Å². The summed E-state index contributed by atoms with van der Waals surface area (Å²) in [6, 6.07) is 19.4. The van der Waals surface area contributed by atoms with E-state index in [4.69, 9.17) is 0 Å². The number of nitrogens with one attached hydrogen (secondary N) is 1. The van der Waals surface area contributed by atoms with Crippen LogP contribution in [0.3, 0.4) is 0 Å². The highest BCUT2D eigenvalue weighted by atomic mass is 32.2. The number of carbonyl (C=O) groups excluding carboxylic acids is 1. The number of hydrogen-bond donors (Lipinski definition) is 1. The minimum Gasteiger partial charge on any atom is -0.305 e. The van der Waals surface area contributed by atoms with Crippen LogP contribution in [-0.2, 0) is 16.4 Å². The molecule has 8 heteroatoms. The smallest absolute Gasteiger partial charge is 0.277 e. The fourth-order valence-corrected chi connectivity index (χ4v) is 3.67. The van der Waals surface area contributed by atoms with Gasteiger partial charge in [-0.2, -0.15) is 5.10 Å². The van der Waals surface area contributed by atoms with Crippen molar-refractivity contribution in [3.05, 3.63) is 84.2 Å². The van der Waals surface area contributed by atoms with E-state index in [-0.39, 0.29) is 10.8 Å². The van der Waals surface area contributed by atoms with Crippen LogP contribution in [0.4, 0.5) is 5.82 Å². The number of pyridine rings is 1. The number of amides is 1. The Morgan fingerprint density at radius 3 is 2.41 bits per heavy atom. The van der Waals surface area contributed by atoms with Crippen LogP contribution in [0, 0.1) is 0 Å². The third kappa shape index (κ3) is 4.02. The first-order chi connectivity index (χ1) is 13.9. The first kappa shape index (κ1) is 18.8. The first-order valence-electron chi connectivity index (χ1n) is 8.89. The summed E-state index contributed by atoms with van der Waals surface area (Å²) in [5.74, 6) is 0.110. The highest BCUT2D eigenvalue weighted by Crippen LogP contribution is 2.21. The molecule has 4 aromatic rings. The van der Waals surface area contributed by atoms with E-state index in [9.17, 15) is 13.2 Å². The van der Waals surface area contributed by atoms with Crippen LogP contribution < -0.4 is 5.32 Å². The summed E-state index contributed by atoms with van der Waals surface area (Å²) in [6.07, 6.45) is 2.78. The Hall–Kier alpha value is -3.52. The van der Waals surface area contributed by atoms with Gasteiger partial charge in [0.2, 0.25) is 0 Å². The molecule has 2 aromatic carbocycles. The van der Waals surface area contributed by atoms with Gasteiger partial charge in [0.05, 0.1) is 17.0 Å². The van der Waals surface area contributed by atoms with Crippen molar-refractivity contribution in [2.24, 2.45) is 0 Å². The predicted octanol–water partition coefficient (Wildman–Crippen LogP) is 3.14. The van der Waals surface area contributed by atoms with Gasteiger partial charge >= 0.3 is 0 Å². The molecule has 4 rings (SSSR count). The molecule has 0 aliphatic rings. The molecule has 0 unspecified atom stereocenters. The Morgan fingerprint density at radius 2 is 1.72 bits per heavy atom. The second-order valence-electron chi connectivity index (χ2n) is 6.61. The fourth-order valence-electron chi connectivity index (χ4n) is 3.04. The molecule has 0 bridgehead atoms. The Kier molecular flexibility index (Phi) is 4.85. The summed E-state index contributed by atoms with van der Waals surface area (Å²) in [4.78, 5) is 17.1. The number of aromatic nitrogens is 3. The lowest BCUT2D eigenvalue weighted by Crippen LogP contribution is -2.14. The van der Waals surface area contributed by atoms with Crippen LogP contribution in [0.2, 0.25) is 0 Å². The second kappa shape index (κ2) is 7.48. The van der Waals surface area contributed by atoms with Gasteiger partial charge in [-0.1, -0.05) is 36.4 Å². The molecule has 1 N–H and O–H groups in total. The number of sulfone groups is 1. The van der Waals surface area contributed by atoms with Gasteiger partial charge in [0, 0.05) is 17.8 Å². The second-order valence-corrected chi connectivity index (χ2v) is 8.62. The van der Waals surface area contributed by atoms with Crippen LogP contribution in [0.1, 0.15) is 16.1 Å². The van der Waals surface area contributed by atoms with E-state index in [0.29, 0.717) is 18.1 Å². The number of hydrogen-bond acceptors (Lipinski definition) is 5. The lowest BCUT2D eigenvalue weighted by molar-refractivity contribution is 0.102. The van der Waals surface area contributed by atoms with Crippen LogP contribution in [0.15, 0.2) is 77.8 Å². The van der Waals surface area contributed by atoms with E-state index in [1.807, 2.05) is 24.3 Å². The van der Waals surface area contributed by atoms with E-state index in [1.165, 1.54) is 6.26 Å². The van der Waals surface area contributed by atoms with Gasteiger partial charge in [-0.15, -0.1) is 0 Å². The van der Waals surface area contributed by atoms with Crippen molar-refractivity contribution in [3.63, 3.8) is 0 Å². The molecule has 2 heterocycles. The predicted molar refractivity (Wildman–Crippen MR) is 111 cm³/mol. The zero-order valence-electron chi connectivity index (χ0n) is 15.6. The number of nitrogens with zero attached hydrogens (tertiary/aromatic N) is 3. The van der Waals surface area contributed by atoms with E-state index >= 15 is 0 Å². The maximum Gasteiger partial charge on any atom is 0.277 e. The van der Waals surface area contributed by atoms with E-state index in [2.05, 4.69) is 15.4 Å². The molecular formula is C21H18N4O3S. The lowest BCUT2D eigenvalue weighted by atomic mass is 10.2. The standard InChI is InChI=1S/C21H18N4O3S/c1-29(27,28)16-11-9-15(10-12-16)14-25-18-7-3-2-6-17(18)20(24-25)21(26)23-19-8-4-5-13-22-19/h2-13H,14H2,1H3,(H,22,23,26). The maximum atomic E-state index is 12.8. The summed E-state index contributed by atoms with van der Waals surface area (Å²) in [5.41, 5.74) is 1.99. The van der Waals surface area contributed by atoms with Crippen LogP contribution in [-0.4, -0.2) is 35.3 Å².